The van der Waals surface area contributed by atoms with Crippen LogP contribution in [0.4, 0.5) is 0 Å². The van der Waals surface area contributed by atoms with Gasteiger partial charge >= 0.3 is 0 Å². The van der Waals surface area contributed by atoms with Crippen molar-refractivity contribution in [3.05, 3.63) is 35.4 Å². The highest BCUT2D eigenvalue weighted by atomic mass is 16.7. The largest absolute Gasteiger partial charge is 0.350 e. The van der Waals surface area contributed by atoms with Crippen molar-refractivity contribution in [1.29, 1.82) is 0 Å². The molecule has 0 bridgehead atoms. The normalized spacial score (nSPS) is 26.7. The molecule has 0 spiro atoms. The van der Waals surface area contributed by atoms with Crippen molar-refractivity contribution in [2.24, 2.45) is 0 Å². The van der Waals surface area contributed by atoms with E-state index in [4.69, 9.17) is 9.47 Å². The van der Waals surface area contributed by atoms with Gasteiger partial charge in [0.1, 0.15) is 0 Å². The first-order chi connectivity index (χ1) is 6.74. The van der Waals surface area contributed by atoms with Gasteiger partial charge in [0.05, 0.1) is 12.7 Å². The minimum atomic E-state index is -0.0366. The summed E-state index contributed by atoms with van der Waals surface area (Å²) in [5.74, 6) is 0. The Morgan fingerprint density at radius 2 is 2.00 bits per heavy atom. The van der Waals surface area contributed by atoms with Gasteiger partial charge in [0.2, 0.25) is 0 Å². The van der Waals surface area contributed by atoms with E-state index < -0.39 is 0 Å². The van der Waals surface area contributed by atoms with Crippen molar-refractivity contribution in [1.82, 2.24) is 0 Å². The first-order valence-electron chi connectivity index (χ1n) is 5.06. The summed E-state index contributed by atoms with van der Waals surface area (Å²) in [6.45, 7) is 4.76. The van der Waals surface area contributed by atoms with Crippen molar-refractivity contribution in [3.63, 3.8) is 0 Å². The number of hydrogen-bond acceptors (Lipinski definition) is 2. The SMILES string of the molecule is Cc1ccc(CC2COC(C)O2)cc1. The molecule has 0 saturated carbocycles. The summed E-state index contributed by atoms with van der Waals surface area (Å²) < 4.78 is 10.9. The summed E-state index contributed by atoms with van der Waals surface area (Å²) in [7, 11) is 0. The third kappa shape index (κ3) is 2.34. The van der Waals surface area contributed by atoms with Gasteiger partial charge in [0.25, 0.3) is 0 Å². The van der Waals surface area contributed by atoms with Crippen LogP contribution >= 0.6 is 0 Å². The van der Waals surface area contributed by atoms with Crippen LogP contribution < -0.4 is 0 Å². The van der Waals surface area contributed by atoms with Gasteiger partial charge in [-0.15, -0.1) is 0 Å². The van der Waals surface area contributed by atoms with E-state index in [1.807, 2.05) is 6.92 Å². The quantitative estimate of drug-likeness (QED) is 0.715. The van der Waals surface area contributed by atoms with Crippen molar-refractivity contribution in [2.75, 3.05) is 6.61 Å². The first kappa shape index (κ1) is 9.69. The fraction of sp³-hybridized carbons (Fsp3) is 0.500. The van der Waals surface area contributed by atoms with Crippen molar-refractivity contribution in [3.8, 4) is 0 Å². The fourth-order valence-electron chi connectivity index (χ4n) is 1.69. The molecule has 1 aromatic rings. The van der Waals surface area contributed by atoms with Crippen LogP contribution in [0, 0.1) is 6.92 Å². The highest BCUT2D eigenvalue weighted by Gasteiger charge is 2.22. The fourth-order valence-corrected chi connectivity index (χ4v) is 1.69. The predicted molar refractivity (Wildman–Crippen MR) is 55.2 cm³/mol. The second-order valence-electron chi connectivity index (χ2n) is 3.85. The van der Waals surface area contributed by atoms with E-state index in [2.05, 4.69) is 31.2 Å². The van der Waals surface area contributed by atoms with Gasteiger partial charge in [-0.3, -0.25) is 0 Å². The molecule has 14 heavy (non-hydrogen) atoms. The summed E-state index contributed by atoms with van der Waals surface area (Å²) >= 11 is 0. The molecule has 2 unspecified atom stereocenters. The first-order valence-corrected chi connectivity index (χ1v) is 5.06. The molecule has 0 radical (unpaired) electrons. The Labute approximate surface area is 84.8 Å². The smallest absolute Gasteiger partial charge is 0.155 e. The van der Waals surface area contributed by atoms with Crippen molar-refractivity contribution < 1.29 is 9.47 Å². The summed E-state index contributed by atoms with van der Waals surface area (Å²) in [4.78, 5) is 0. The molecule has 1 aromatic carbocycles. The molecule has 2 heteroatoms. The van der Waals surface area contributed by atoms with Crippen molar-refractivity contribution >= 4 is 0 Å². The zero-order valence-corrected chi connectivity index (χ0v) is 8.69. The zero-order valence-electron chi connectivity index (χ0n) is 8.69. The Morgan fingerprint density at radius 1 is 1.29 bits per heavy atom. The van der Waals surface area contributed by atoms with Crippen LogP contribution in [0.5, 0.6) is 0 Å². The van der Waals surface area contributed by atoms with Gasteiger partial charge in [0.15, 0.2) is 6.29 Å². The van der Waals surface area contributed by atoms with Gasteiger partial charge < -0.3 is 9.47 Å². The van der Waals surface area contributed by atoms with E-state index in [0.717, 1.165) is 13.0 Å². The summed E-state index contributed by atoms with van der Waals surface area (Å²) in [6.07, 6.45) is 1.14. The predicted octanol–water partition coefficient (Wildman–Crippen LogP) is 2.30. The molecule has 0 N–H and O–H groups in total. The lowest BCUT2D eigenvalue weighted by molar-refractivity contribution is -0.0417. The molecular weight excluding hydrogens is 176 g/mol. The Morgan fingerprint density at radius 3 is 2.57 bits per heavy atom. The number of hydrogen-bond donors (Lipinski definition) is 0. The third-order valence-corrected chi connectivity index (χ3v) is 2.48. The Kier molecular flexibility index (Phi) is 2.85. The Bertz CT molecular complexity index is 292. The second kappa shape index (κ2) is 4.11. The van der Waals surface area contributed by atoms with Crippen LogP contribution in [0.15, 0.2) is 24.3 Å². The topological polar surface area (TPSA) is 18.5 Å². The van der Waals surface area contributed by atoms with E-state index in [-0.39, 0.29) is 12.4 Å². The monoisotopic (exact) mass is 192 g/mol. The standard InChI is InChI=1S/C12H16O2/c1-9-3-5-11(6-4-9)7-12-8-13-10(2)14-12/h3-6,10,12H,7-8H2,1-2H3. The number of ether oxygens (including phenoxy) is 2. The van der Waals surface area contributed by atoms with Gasteiger partial charge in [0, 0.05) is 6.42 Å². The Balaban J connectivity index is 1.94. The van der Waals surface area contributed by atoms with Crippen LogP contribution in [0.25, 0.3) is 0 Å². The lowest BCUT2D eigenvalue weighted by Gasteiger charge is -2.08. The van der Waals surface area contributed by atoms with Crippen LogP contribution in [-0.2, 0) is 15.9 Å². The maximum atomic E-state index is 5.57. The van der Waals surface area contributed by atoms with E-state index in [9.17, 15) is 0 Å². The maximum Gasteiger partial charge on any atom is 0.155 e. The second-order valence-corrected chi connectivity index (χ2v) is 3.85. The van der Waals surface area contributed by atoms with Gasteiger partial charge in [-0.05, 0) is 19.4 Å². The molecule has 1 aliphatic rings. The molecule has 0 aliphatic carbocycles. The van der Waals surface area contributed by atoms with E-state index in [0.29, 0.717) is 0 Å². The molecule has 0 aromatic heterocycles. The molecule has 2 nitrogen and oxygen atoms in total. The Hall–Kier alpha value is -0.860. The number of benzene rings is 1. The minimum Gasteiger partial charge on any atom is -0.350 e. The van der Waals surface area contributed by atoms with Crippen molar-refractivity contribution in [2.45, 2.75) is 32.7 Å². The lowest BCUT2D eigenvalue weighted by atomic mass is 10.1. The summed E-state index contributed by atoms with van der Waals surface area (Å²) in [5.41, 5.74) is 2.61. The average molecular weight is 192 g/mol. The molecule has 1 heterocycles. The molecule has 2 atom stereocenters. The molecule has 76 valence electrons. The molecule has 0 amide bonds. The lowest BCUT2D eigenvalue weighted by Crippen LogP contribution is -2.13. The zero-order chi connectivity index (χ0) is 9.97. The van der Waals surface area contributed by atoms with Crippen LogP contribution in [0.1, 0.15) is 18.1 Å². The molecule has 1 saturated heterocycles. The van der Waals surface area contributed by atoms with Gasteiger partial charge in [-0.2, -0.15) is 0 Å². The van der Waals surface area contributed by atoms with E-state index in [1.54, 1.807) is 0 Å². The van der Waals surface area contributed by atoms with Gasteiger partial charge in [-0.1, -0.05) is 29.8 Å². The number of rotatable bonds is 2. The molecular formula is C12H16O2. The number of aryl methyl sites for hydroxylation is 1. The average Bonchev–Trinajstić information content (AvgIpc) is 2.56. The van der Waals surface area contributed by atoms with Crippen LogP contribution in [0.3, 0.4) is 0 Å². The highest BCUT2D eigenvalue weighted by Crippen LogP contribution is 2.15. The van der Waals surface area contributed by atoms with E-state index in [1.165, 1.54) is 11.1 Å². The minimum absolute atomic E-state index is 0.0366. The van der Waals surface area contributed by atoms with Gasteiger partial charge in [-0.25, -0.2) is 0 Å². The van der Waals surface area contributed by atoms with E-state index >= 15 is 0 Å². The molecule has 2 rings (SSSR count). The summed E-state index contributed by atoms with van der Waals surface area (Å²) in [5, 5.41) is 0. The molecule has 1 aliphatic heterocycles. The highest BCUT2D eigenvalue weighted by molar-refractivity contribution is 5.21. The van der Waals surface area contributed by atoms with Crippen LogP contribution in [0.2, 0.25) is 0 Å². The van der Waals surface area contributed by atoms with Crippen LogP contribution in [-0.4, -0.2) is 19.0 Å². The summed E-state index contributed by atoms with van der Waals surface area (Å²) in [6, 6.07) is 8.58. The molecule has 1 fully saturated rings. The maximum absolute atomic E-state index is 5.57. The third-order valence-electron chi connectivity index (χ3n) is 2.48.